The first-order valence-electron chi connectivity index (χ1n) is 8.57. The smallest absolute Gasteiger partial charge is 0.340 e. The van der Waals surface area contributed by atoms with Gasteiger partial charge in [0.2, 0.25) is 11.8 Å². The normalized spacial score (nSPS) is 10.4. The minimum Gasteiger partial charge on any atom is -0.452 e. The SMILES string of the molecule is CCc1nnc(COC(=O)c2ccccc2NC(=O)Cc2ccccc2)o1. The molecular formula is C20H19N3O4. The number of benzene rings is 2. The fourth-order valence-electron chi connectivity index (χ4n) is 2.44. The average molecular weight is 365 g/mol. The first kappa shape index (κ1) is 18.3. The van der Waals surface area contributed by atoms with E-state index in [1.165, 1.54) is 0 Å². The number of hydrogen-bond acceptors (Lipinski definition) is 6. The van der Waals surface area contributed by atoms with E-state index >= 15 is 0 Å². The summed E-state index contributed by atoms with van der Waals surface area (Å²) in [5.41, 5.74) is 1.54. The highest BCUT2D eigenvalue weighted by Gasteiger charge is 2.16. The van der Waals surface area contributed by atoms with Gasteiger partial charge in [-0.1, -0.05) is 49.4 Å². The predicted molar refractivity (Wildman–Crippen MR) is 98.0 cm³/mol. The zero-order valence-corrected chi connectivity index (χ0v) is 14.8. The molecule has 2 aromatic carbocycles. The van der Waals surface area contributed by atoms with Gasteiger partial charge in [0, 0.05) is 6.42 Å². The molecule has 0 bridgehead atoms. The minimum atomic E-state index is -0.582. The van der Waals surface area contributed by atoms with Gasteiger partial charge in [-0.25, -0.2) is 4.79 Å². The third kappa shape index (κ3) is 5.01. The molecule has 0 spiro atoms. The molecule has 1 N–H and O–H groups in total. The van der Waals surface area contributed by atoms with Crippen molar-refractivity contribution in [3.63, 3.8) is 0 Å². The number of rotatable bonds is 7. The quantitative estimate of drug-likeness (QED) is 0.646. The Morgan fingerprint density at radius 2 is 1.70 bits per heavy atom. The minimum absolute atomic E-state index is 0.127. The van der Waals surface area contributed by atoms with Crippen molar-refractivity contribution in [2.45, 2.75) is 26.4 Å². The van der Waals surface area contributed by atoms with Crippen molar-refractivity contribution in [1.29, 1.82) is 0 Å². The summed E-state index contributed by atoms with van der Waals surface area (Å²) < 4.78 is 10.5. The van der Waals surface area contributed by atoms with E-state index in [1.54, 1.807) is 24.3 Å². The highest BCUT2D eigenvalue weighted by molar-refractivity contribution is 6.01. The van der Waals surface area contributed by atoms with Crippen LogP contribution in [0, 0.1) is 0 Å². The average Bonchev–Trinajstić information content (AvgIpc) is 3.15. The monoisotopic (exact) mass is 365 g/mol. The molecule has 0 fully saturated rings. The van der Waals surface area contributed by atoms with Crippen LogP contribution >= 0.6 is 0 Å². The zero-order chi connectivity index (χ0) is 19.1. The van der Waals surface area contributed by atoms with Gasteiger partial charge in [-0.05, 0) is 17.7 Å². The lowest BCUT2D eigenvalue weighted by molar-refractivity contribution is -0.115. The molecule has 0 atom stereocenters. The van der Waals surface area contributed by atoms with E-state index in [0.29, 0.717) is 18.0 Å². The number of anilines is 1. The van der Waals surface area contributed by atoms with Crippen LogP contribution in [0.3, 0.4) is 0 Å². The molecule has 0 aliphatic heterocycles. The molecule has 1 amide bonds. The van der Waals surface area contributed by atoms with Crippen molar-refractivity contribution in [3.8, 4) is 0 Å². The number of para-hydroxylation sites is 1. The highest BCUT2D eigenvalue weighted by Crippen LogP contribution is 2.17. The number of esters is 1. The number of nitrogens with one attached hydrogen (secondary N) is 1. The summed E-state index contributed by atoms with van der Waals surface area (Å²) in [7, 11) is 0. The lowest BCUT2D eigenvalue weighted by atomic mass is 10.1. The van der Waals surface area contributed by atoms with Gasteiger partial charge >= 0.3 is 5.97 Å². The molecule has 0 aliphatic rings. The first-order valence-corrected chi connectivity index (χ1v) is 8.57. The van der Waals surface area contributed by atoms with Crippen molar-refractivity contribution in [1.82, 2.24) is 10.2 Å². The molecule has 0 unspecified atom stereocenters. The first-order chi connectivity index (χ1) is 13.2. The Balaban J connectivity index is 1.63. The molecule has 0 saturated carbocycles. The Morgan fingerprint density at radius 1 is 1.00 bits per heavy atom. The lowest BCUT2D eigenvalue weighted by Crippen LogP contribution is -2.17. The van der Waals surface area contributed by atoms with Crippen LogP contribution < -0.4 is 5.32 Å². The lowest BCUT2D eigenvalue weighted by Gasteiger charge is -2.10. The molecule has 138 valence electrons. The second kappa shape index (κ2) is 8.75. The molecule has 7 nitrogen and oxygen atoms in total. The number of hydrogen-bond donors (Lipinski definition) is 1. The van der Waals surface area contributed by atoms with Crippen LogP contribution in [-0.4, -0.2) is 22.1 Å². The van der Waals surface area contributed by atoms with Crippen LogP contribution in [0.2, 0.25) is 0 Å². The fourth-order valence-corrected chi connectivity index (χ4v) is 2.44. The van der Waals surface area contributed by atoms with Gasteiger partial charge in [0.05, 0.1) is 17.7 Å². The molecule has 3 aromatic rings. The summed E-state index contributed by atoms with van der Waals surface area (Å²) in [4.78, 5) is 24.7. The molecular weight excluding hydrogens is 346 g/mol. The number of aryl methyl sites for hydroxylation is 1. The Labute approximate surface area is 156 Å². The van der Waals surface area contributed by atoms with Crippen molar-refractivity contribution >= 4 is 17.6 Å². The molecule has 27 heavy (non-hydrogen) atoms. The summed E-state index contributed by atoms with van der Waals surface area (Å²) >= 11 is 0. The molecule has 0 aliphatic carbocycles. The molecule has 1 heterocycles. The fraction of sp³-hybridized carbons (Fsp3) is 0.200. The van der Waals surface area contributed by atoms with Gasteiger partial charge in [0.1, 0.15) is 0 Å². The van der Waals surface area contributed by atoms with Gasteiger partial charge in [0.25, 0.3) is 5.89 Å². The topological polar surface area (TPSA) is 94.3 Å². The van der Waals surface area contributed by atoms with Crippen LogP contribution in [0.5, 0.6) is 0 Å². The maximum absolute atomic E-state index is 12.4. The number of nitrogens with zero attached hydrogens (tertiary/aromatic N) is 2. The molecule has 3 rings (SSSR count). The van der Waals surface area contributed by atoms with Crippen LogP contribution in [0.15, 0.2) is 59.0 Å². The van der Waals surface area contributed by atoms with E-state index in [9.17, 15) is 9.59 Å². The van der Waals surface area contributed by atoms with Crippen molar-refractivity contribution < 1.29 is 18.7 Å². The van der Waals surface area contributed by atoms with Gasteiger partial charge in [-0.3, -0.25) is 4.79 Å². The van der Waals surface area contributed by atoms with Crippen molar-refractivity contribution in [2.75, 3.05) is 5.32 Å². The van der Waals surface area contributed by atoms with Crippen LogP contribution in [0.25, 0.3) is 0 Å². The summed E-state index contributed by atoms with van der Waals surface area (Å²) in [5.74, 6) is -0.0896. The Morgan fingerprint density at radius 3 is 2.44 bits per heavy atom. The largest absolute Gasteiger partial charge is 0.452 e. The van der Waals surface area contributed by atoms with Crippen LogP contribution in [0.1, 0.15) is 34.6 Å². The molecule has 0 radical (unpaired) electrons. The second-order valence-corrected chi connectivity index (χ2v) is 5.78. The second-order valence-electron chi connectivity index (χ2n) is 5.78. The van der Waals surface area contributed by atoms with Gasteiger partial charge in [-0.15, -0.1) is 10.2 Å². The number of amides is 1. The summed E-state index contributed by atoms with van der Waals surface area (Å²) in [6.45, 7) is 1.76. The molecule has 0 saturated heterocycles. The third-order valence-electron chi connectivity index (χ3n) is 3.77. The van der Waals surface area contributed by atoms with E-state index < -0.39 is 5.97 Å². The standard InChI is InChI=1S/C20H19N3O4/c1-2-18-22-23-19(27-18)13-26-20(25)15-10-6-7-11-16(15)21-17(24)12-14-8-4-3-5-9-14/h3-11H,2,12-13H2,1H3,(H,21,24). The van der Waals surface area contributed by atoms with E-state index in [4.69, 9.17) is 9.15 Å². The maximum Gasteiger partial charge on any atom is 0.340 e. The highest BCUT2D eigenvalue weighted by atomic mass is 16.5. The number of aromatic nitrogens is 2. The van der Waals surface area contributed by atoms with E-state index in [1.807, 2.05) is 37.3 Å². The Hall–Kier alpha value is -3.48. The zero-order valence-electron chi connectivity index (χ0n) is 14.8. The van der Waals surface area contributed by atoms with E-state index in [2.05, 4.69) is 15.5 Å². The Bertz CT molecular complexity index is 922. The van der Waals surface area contributed by atoms with Gasteiger partial charge in [-0.2, -0.15) is 0 Å². The number of carbonyl (C=O) groups is 2. The van der Waals surface area contributed by atoms with Crippen molar-refractivity contribution in [2.24, 2.45) is 0 Å². The third-order valence-corrected chi connectivity index (χ3v) is 3.77. The van der Waals surface area contributed by atoms with Crippen LogP contribution in [-0.2, 0) is 29.0 Å². The van der Waals surface area contributed by atoms with Gasteiger partial charge in [0.15, 0.2) is 6.61 Å². The number of ether oxygens (including phenoxy) is 1. The molecule has 1 aromatic heterocycles. The molecule has 7 heteroatoms. The maximum atomic E-state index is 12.4. The van der Waals surface area contributed by atoms with Gasteiger partial charge < -0.3 is 14.5 Å². The van der Waals surface area contributed by atoms with E-state index in [-0.39, 0.29) is 30.4 Å². The number of carbonyl (C=O) groups excluding carboxylic acids is 2. The van der Waals surface area contributed by atoms with Crippen molar-refractivity contribution in [3.05, 3.63) is 77.5 Å². The summed E-state index contributed by atoms with van der Waals surface area (Å²) in [6, 6.07) is 16.0. The van der Waals surface area contributed by atoms with E-state index in [0.717, 1.165) is 5.56 Å². The Kier molecular flexibility index (Phi) is 5.94. The summed E-state index contributed by atoms with van der Waals surface area (Å²) in [5, 5.41) is 10.4. The van der Waals surface area contributed by atoms with Crippen LogP contribution in [0.4, 0.5) is 5.69 Å². The summed E-state index contributed by atoms with van der Waals surface area (Å²) in [6.07, 6.45) is 0.823. The predicted octanol–water partition coefficient (Wildman–Crippen LogP) is 3.17.